The monoisotopic (exact) mass is 366 g/mol. The average molecular weight is 366 g/mol. The summed E-state index contributed by atoms with van der Waals surface area (Å²) in [6, 6.07) is 5.38. The van der Waals surface area contributed by atoms with Crippen molar-refractivity contribution >= 4 is 21.6 Å². The molecule has 1 amide bonds. The Labute approximate surface area is 134 Å². The number of hydrogen-bond acceptors (Lipinski definition) is 6. The molecule has 0 fully saturated rings. The van der Waals surface area contributed by atoms with Gasteiger partial charge in [0.2, 0.25) is 11.3 Å². The molecule has 24 heavy (non-hydrogen) atoms. The van der Waals surface area contributed by atoms with E-state index >= 15 is 0 Å². The highest BCUT2D eigenvalue weighted by molar-refractivity contribution is 7.90. The Bertz CT molecular complexity index is 812. The fourth-order valence-electron chi connectivity index (χ4n) is 1.63. The fourth-order valence-corrected chi connectivity index (χ4v) is 2.12. The van der Waals surface area contributed by atoms with E-state index in [2.05, 4.69) is 9.71 Å². The van der Waals surface area contributed by atoms with E-state index in [0.717, 1.165) is 11.8 Å². The van der Waals surface area contributed by atoms with Crippen molar-refractivity contribution in [1.82, 2.24) is 4.72 Å². The van der Waals surface area contributed by atoms with Gasteiger partial charge in [0.15, 0.2) is 4.98 Å². The molecule has 12 heteroatoms. The van der Waals surface area contributed by atoms with Gasteiger partial charge in [0.1, 0.15) is 0 Å². The number of hydrogen-bond donors (Lipinski definition) is 2. The Morgan fingerprint density at radius 2 is 1.96 bits per heavy atom. The highest BCUT2D eigenvalue weighted by Gasteiger charge is 2.47. The lowest BCUT2D eigenvalue weighted by Crippen LogP contribution is -2.40. The summed E-state index contributed by atoms with van der Waals surface area (Å²) in [5.74, 6) is -2.28. The molecule has 0 atom stereocenters. The largest absolute Gasteiger partial charge is 0.516 e. The van der Waals surface area contributed by atoms with E-state index in [0.29, 0.717) is 0 Å². The summed E-state index contributed by atoms with van der Waals surface area (Å²) in [6.45, 7) is 0. The average Bonchev–Trinajstić information content (AvgIpc) is 2.47. The van der Waals surface area contributed by atoms with Crippen LogP contribution < -0.4 is 4.72 Å². The molecule has 0 saturated carbocycles. The molecule has 1 aromatic rings. The molecule has 0 aromatic heterocycles. The van der Waals surface area contributed by atoms with Crippen molar-refractivity contribution in [3.05, 3.63) is 46.3 Å². The van der Waals surface area contributed by atoms with Crippen LogP contribution in [0.4, 0.5) is 13.2 Å². The Morgan fingerprint density at radius 3 is 2.46 bits per heavy atom. The van der Waals surface area contributed by atoms with Crippen LogP contribution in [0.3, 0.4) is 0 Å². The van der Waals surface area contributed by atoms with Crippen LogP contribution in [0.15, 0.2) is 30.2 Å². The van der Waals surface area contributed by atoms with E-state index in [1.807, 2.05) is 0 Å². The number of diazo groups is 1. The number of methoxy groups -OCH3 is 1. The molecule has 0 radical (unpaired) electrons. The number of halogens is 3. The molecular weight excluding hydrogens is 355 g/mol. The van der Waals surface area contributed by atoms with E-state index in [1.54, 1.807) is 0 Å². The maximum atomic E-state index is 12.2. The Morgan fingerprint density at radius 1 is 1.38 bits per heavy atom. The van der Waals surface area contributed by atoms with Gasteiger partial charge in [-0.25, -0.2) is 4.72 Å². The molecule has 0 aliphatic heterocycles. The number of alkyl halides is 3. The number of amides is 1. The molecule has 2 N–H and O–H groups in total. The quantitative estimate of drug-likeness (QED) is 0.606. The minimum atomic E-state index is -5.84. The highest BCUT2D eigenvalue weighted by Crippen LogP contribution is 2.25. The normalized spacial score (nSPS) is 12.8. The molecule has 130 valence electrons. The third kappa shape index (κ3) is 4.35. The van der Waals surface area contributed by atoms with Crippen LogP contribution in [0.2, 0.25) is 0 Å². The van der Waals surface area contributed by atoms with Gasteiger partial charge in [-0.15, -0.1) is 0 Å². The third-order valence-electron chi connectivity index (χ3n) is 2.67. The number of carbonyl (C=O) groups excluding carboxylic acids is 1. The Kier molecular flexibility index (Phi) is 5.75. The van der Waals surface area contributed by atoms with Crippen LogP contribution in [-0.4, -0.2) is 32.0 Å². The second kappa shape index (κ2) is 7.18. The Hall–Kier alpha value is -2.81. The van der Waals surface area contributed by atoms with Crippen molar-refractivity contribution < 1.29 is 36.2 Å². The molecule has 0 aliphatic rings. The van der Waals surface area contributed by atoms with E-state index in [1.165, 1.54) is 24.3 Å². The van der Waals surface area contributed by atoms with Gasteiger partial charge in [-0.05, 0) is 11.6 Å². The molecule has 0 saturated heterocycles. The number of rotatable bonds is 5. The second-order valence-electron chi connectivity index (χ2n) is 4.27. The zero-order valence-corrected chi connectivity index (χ0v) is 12.8. The first-order valence-electron chi connectivity index (χ1n) is 6.06. The summed E-state index contributed by atoms with van der Waals surface area (Å²) in [4.78, 5) is 14.4. The van der Waals surface area contributed by atoms with Gasteiger partial charge < -0.3 is 9.84 Å². The number of nitrogens with zero attached hydrogens (tertiary/aromatic N) is 2. The van der Waals surface area contributed by atoms with Crippen molar-refractivity contribution in [2.45, 2.75) is 11.9 Å². The first kappa shape index (κ1) is 19.2. The van der Waals surface area contributed by atoms with Crippen molar-refractivity contribution in [2.24, 2.45) is 0 Å². The first-order chi connectivity index (χ1) is 11.0. The molecule has 0 bridgehead atoms. The van der Waals surface area contributed by atoms with E-state index in [4.69, 9.17) is 5.39 Å². The smallest absolute Gasteiger partial charge is 0.475 e. The lowest BCUT2D eigenvalue weighted by molar-refractivity contribution is -0.119. The summed E-state index contributed by atoms with van der Waals surface area (Å²) in [6.07, 6.45) is -0.790. The standard InChI is InChI=1S/C12H10F3N3O5S/c1-23-11(20)10(17-16)8-5-3-2-4-7(8)6-9(19)18-24(21,22)12(13,14)15/h2-5H,6H2,1H3,(H-,18,19,20)/p+1/b11-10+. The number of sulfonamides is 1. The van der Waals surface area contributed by atoms with Crippen molar-refractivity contribution in [2.75, 3.05) is 7.11 Å². The minimum Gasteiger partial charge on any atom is -0.475 e. The zero-order valence-electron chi connectivity index (χ0n) is 12.0. The van der Waals surface area contributed by atoms with Gasteiger partial charge in [0.25, 0.3) is 0 Å². The van der Waals surface area contributed by atoms with E-state index in [9.17, 15) is 31.5 Å². The zero-order chi connectivity index (χ0) is 18.5. The molecule has 1 rings (SSSR count). The fraction of sp³-hybridized carbons (Fsp3) is 0.250. The van der Waals surface area contributed by atoms with Crippen LogP contribution in [0.1, 0.15) is 11.1 Å². The molecule has 8 nitrogen and oxygen atoms in total. The van der Waals surface area contributed by atoms with Crippen LogP contribution in [0, 0.1) is 5.39 Å². The maximum absolute atomic E-state index is 12.2. The predicted octanol–water partition coefficient (Wildman–Crippen LogP) is 1.88. The van der Waals surface area contributed by atoms with Gasteiger partial charge in [-0.2, -0.15) is 21.6 Å². The molecular formula is C12H11F3N3O5S+. The van der Waals surface area contributed by atoms with Crippen LogP contribution >= 0.6 is 0 Å². The van der Waals surface area contributed by atoms with E-state index < -0.39 is 39.5 Å². The third-order valence-corrected chi connectivity index (χ3v) is 3.78. The molecule has 0 spiro atoms. The summed E-state index contributed by atoms with van der Waals surface area (Å²) in [5, 5.41) is 18.4. The summed E-state index contributed by atoms with van der Waals surface area (Å²) >= 11 is 0. The van der Waals surface area contributed by atoms with Crippen molar-refractivity contribution in [3.8, 4) is 0 Å². The lowest BCUT2D eigenvalue weighted by atomic mass is 10.0. The number of aliphatic hydroxyl groups excluding tert-OH is 1. The summed E-state index contributed by atoms with van der Waals surface area (Å²) in [7, 11) is -4.77. The molecule has 1 aromatic carbocycles. The highest BCUT2D eigenvalue weighted by atomic mass is 32.2. The van der Waals surface area contributed by atoms with Gasteiger partial charge in [-0.1, -0.05) is 18.2 Å². The summed E-state index contributed by atoms with van der Waals surface area (Å²) < 4.78 is 63.9. The second-order valence-corrected chi connectivity index (χ2v) is 5.94. The molecule has 0 heterocycles. The number of benzene rings is 1. The number of aliphatic hydroxyl groups is 1. The van der Waals surface area contributed by atoms with Gasteiger partial charge in [0, 0.05) is 0 Å². The Balaban J connectivity index is 3.15. The van der Waals surface area contributed by atoms with E-state index in [-0.39, 0.29) is 11.1 Å². The lowest BCUT2D eigenvalue weighted by Gasteiger charge is -2.10. The molecule has 0 aliphatic carbocycles. The topological polar surface area (TPSA) is 121 Å². The van der Waals surface area contributed by atoms with Gasteiger partial charge in [0.05, 0.1) is 19.1 Å². The van der Waals surface area contributed by atoms with Crippen molar-refractivity contribution in [1.29, 1.82) is 5.39 Å². The predicted molar refractivity (Wildman–Crippen MR) is 74.9 cm³/mol. The number of nitrogens with one attached hydrogen (secondary N) is 1. The van der Waals surface area contributed by atoms with Gasteiger partial charge >= 0.3 is 27.2 Å². The van der Waals surface area contributed by atoms with Crippen LogP contribution in [-0.2, 0) is 26.0 Å². The van der Waals surface area contributed by atoms with Crippen LogP contribution in [0.5, 0.6) is 0 Å². The number of carbonyl (C=O) groups is 1. The first-order valence-corrected chi connectivity index (χ1v) is 7.54. The van der Waals surface area contributed by atoms with Crippen LogP contribution in [0.25, 0.3) is 10.7 Å². The minimum absolute atomic E-state index is 0.0104. The number of ether oxygens (including phenoxy) is 1. The van der Waals surface area contributed by atoms with Crippen molar-refractivity contribution in [3.63, 3.8) is 0 Å². The maximum Gasteiger partial charge on any atom is 0.516 e. The molecule has 0 unspecified atom stereocenters. The SMILES string of the molecule is CO/C(O)=C(/[N+]#N)c1ccccc1CC(=O)NS(=O)(=O)C(F)(F)F. The summed E-state index contributed by atoms with van der Waals surface area (Å²) in [5.41, 5.74) is -6.18. The van der Waals surface area contributed by atoms with Gasteiger partial charge in [-0.3, -0.25) is 4.79 Å².